The molecule has 0 unspecified atom stereocenters. The Morgan fingerprint density at radius 3 is 2.54 bits per heavy atom. The molecule has 1 atom stereocenters. The molecule has 6 nitrogen and oxygen atoms in total. The van der Waals surface area contributed by atoms with Gasteiger partial charge in [0.25, 0.3) is 5.91 Å². The molecule has 28 heavy (non-hydrogen) atoms. The standard InChI is InChI=1S/C22H25NO5/c1-4-14-27-19-12-10-17(15-20(19)26-3)11-13-21(24)28-16(2)22(25)23-18-8-6-5-7-9-18/h5-13,15-16H,4,14H2,1-3H3,(H,23,25)/b13-11+/t16-/m0/s1. The van der Waals surface area contributed by atoms with Crippen molar-refractivity contribution < 1.29 is 23.8 Å². The Morgan fingerprint density at radius 2 is 1.86 bits per heavy atom. The first-order chi connectivity index (χ1) is 13.5. The summed E-state index contributed by atoms with van der Waals surface area (Å²) in [6.45, 7) is 4.14. The van der Waals surface area contributed by atoms with Gasteiger partial charge < -0.3 is 19.5 Å². The van der Waals surface area contributed by atoms with E-state index in [1.807, 2.05) is 31.2 Å². The van der Waals surface area contributed by atoms with Gasteiger partial charge in [0.1, 0.15) is 0 Å². The minimum Gasteiger partial charge on any atom is -0.493 e. The number of carbonyl (C=O) groups excluding carboxylic acids is 2. The largest absolute Gasteiger partial charge is 0.493 e. The third-order valence-corrected chi connectivity index (χ3v) is 3.76. The van der Waals surface area contributed by atoms with Crippen molar-refractivity contribution in [3.63, 3.8) is 0 Å². The van der Waals surface area contributed by atoms with Crippen molar-refractivity contribution in [2.24, 2.45) is 0 Å². The topological polar surface area (TPSA) is 73.9 Å². The Morgan fingerprint density at radius 1 is 1.11 bits per heavy atom. The summed E-state index contributed by atoms with van der Waals surface area (Å²) in [6.07, 6.45) is 2.84. The minimum absolute atomic E-state index is 0.396. The fraction of sp³-hybridized carbons (Fsp3) is 0.273. The molecule has 0 heterocycles. The summed E-state index contributed by atoms with van der Waals surface area (Å²) in [6, 6.07) is 14.3. The van der Waals surface area contributed by atoms with Gasteiger partial charge in [0.15, 0.2) is 17.6 Å². The zero-order chi connectivity index (χ0) is 20.4. The lowest BCUT2D eigenvalue weighted by Gasteiger charge is -2.12. The lowest BCUT2D eigenvalue weighted by atomic mass is 10.2. The molecule has 0 saturated heterocycles. The van der Waals surface area contributed by atoms with E-state index in [0.717, 1.165) is 12.0 Å². The number of esters is 1. The van der Waals surface area contributed by atoms with Crippen LogP contribution in [0.5, 0.6) is 11.5 Å². The van der Waals surface area contributed by atoms with Crippen molar-refractivity contribution in [2.45, 2.75) is 26.4 Å². The van der Waals surface area contributed by atoms with Crippen molar-refractivity contribution in [3.05, 3.63) is 60.2 Å². The highest BCUT2D eigenvalue weighted by Crippen LogP contribution is 2.28. The summed E-state index contributed by atoms with van der Waals surface area (Å²) in [5.41, 5.74) is 1.39. The van der Waals surface area contributed by atoms with Gasteiger partial charge in [-0.1, -0.05) is 31.2 Å². The SMILES string of the molecule is CCCOc1ccc(/C=C/C(=O)O[C@@H](C)C(=O)Nc2ccccc2)cc1OC. The zero-order valence-corrected chi connectivity index (χ0v) is 16.3. The first-order valence-electron chi connectivity index (χ1n) is 9.09. The van der Waals surface area contributed by atoms with Gasteiger partial charge in [-0.3, -0.25) is 4.79 Å². The number of amides is 1. The van der Waals surface area contributed by atoms with Crippen LogP contribution in [0, 0.1) is 0 Å². The molecule has 0 aliphatic rings. The molecule has 1 amide bonds. The summed E-state index contributed by atoms with van der Waals surface area (Å²) in [4.78, 5) is 24.1. The van der Waals surface area contributed by atoms with Crippen LogP contribution in [0.1, 0.15) is 25.8 Å². The van der Waals surface area contributed by atoms with Gasteiger partial charge in [-0.2, -0.15) is 0 Å². The molecule has 148 valence electrons. The molecule has 0 saturated carbocycles. The van der Waals surface area contributed by atoms with Gasteiger partial charge >= 0.3 is 5.97 Å². The number of hydrogen-bond donors (Lipinski definition) is 1. The molecule has 2 aromatic carbocycles. The smallest absolute Gasteiger partial charge is 0.331 e. The number of para-hydroxylation sites is 1. The number of anilines is 1. The summed E-state index contributed by atoms with van der Waals surface area (Å²) in [5.74, 6) is 0.225. The highest BCUT2D eigenvalue weighted by molar-refractivity contribution is 5.96. The van der Waals surface area contributed by atoms with E-state index in [9.17, 15) is 9.59 Å². The number of hydrogen-bond acceptors (Lipinski definition) is 5. The number of benzene rings is 2. The number of methoxy groups -OCH3 is 1. The highest BCUT2D eigenvalue weighted by Gasteiger charge is 2.16. The fourth-order valence-corrected chi connectivity index (χ4v) is 2.32. The van der Waals surface area contributed by atoms with Gasteiger partial charge in [0.05, 0.1) is 13.7 Å². The normalized spacial score (nSPS) is 11.7. The van der Waals surface area contributed by atoms with Crippen LogP contribution in [0.2, 0.25) is 0 Å². The minimum atomic E-state index is -0.920. The third-order valence-electron chi connectivity index (χ3n) is 3.76. The highest BCUT2D eigenvalue weighted by atomic mass is 16.5. The maximum Gasteiger partial charge on any atom is 0.331 e. The van der Waals surface area contributed by atoms with E-state index in [1.54, 1.807) is 37.5 Å². The quantitative estimate of drug-likeness (QED) is 0.522. The van der Waals surface area contributed by atoms with Gasteiger partial charge in [0, 0.05) is 11.8 Å². The second-order valence-electron chi connectivity index (χ2n) is 6.03. The van der Waals surface area contributed by atoms with Gasteiger partial charge in [0.2, 0.25) is 0 Å². The van der Waals surface area contributed by atoms with Gasteiger partial charge in [-0.05, 0) is 49.2 Å². The number of carbonyl (C=O) groups is 2. The maximum absolute atomic E-state index is 12.1. The molecule has 6 heteroatoms. The Labute approximate surface area is 165 Å². The van der Waals surface area contributed by atoms with E-state index in [2.05, 4.69) is 5.32 Å². The van der Waals surface area contributed by atoms with Crippen LogP contribution in [0.25, 0.3) is 6.08 Å². The lowest BCUT2D eigenvalue weighted by molar-refractivity contribution is -0.148. The summed E-state index contributed by atoms with van der Waals surface area (Å²) in [5, 5.41) is 2.69. The molecule has 0 aliphatic carbocycles. The number of rotatable bonds is 9. The summed E-state index contributed by atoms with van der Waals surface area (Å²) < 4.78 is 16.1. The first kappa shape index (κ1) is 21.0. The first-order valence-corrected chi connectivity index (χ1v) is 9.09. The summed E-state index contributed by atoms with van der Waals surface area (Å²) in [7, 11) is 1.56. The van der Waals surface area contributed by atoms with Crippen LogP contribution in [0.3, 0.4) is 0 Å². The van der Waals surface area contributed by atoms with E-state index in [4.69, 9.17) is 14.2 Å². The molecule has 2 aromatic rings. The molecule has 1 N–H and O–H groups in total. The predicted molar refractivity (Wildman–Crippen MR) is 108 cm³/mol. The van der Waals surface area contributed by atoms with E-state index >= 15 is 0 Å². The van der Waals surface area contributed by atoms with Crippen LogP contribution in [0.4, 0.5) is 5.69 Å². The van der Waals surface area contributed by atoms with Gasteiger partial charge in [-0.15, -0.1) is 0 Å². The molecule has 0 bridgehead atoms. The lowest BCUT2D eigenvalue weighted by Crippen LogP contribution is -2.29. The second kappa shape index (κ2) is 10.8. The van der Waals surface area contributed by atoms with Crippen LogP contribution in [0.15, 0.2) is 54.6 Å². The fourth-order valence-electron chi connectivity index (χ4n) is 2.32. The Balaban J connectivity index is 1.92. The van der Waals surface area contributed by atoms with Crippen molar-refractivity contribution in [1.82, 2.24) is 0 Å². The third kappa shape index (κ3) is 6.46. The van der Waals surface area contributed by atoms with Crippen LogP contribution >= 0.6 is 0 Å². The zero-order valence-electron chi connectivity index (χ0n) is 16.3. The van der Waals surface area contributed by atoms with Crippen LogP contribution < -0.4 is 14.8 Å². The average molecular weight is 383 g/mol. The molecule has 0 fully saturated rings. The number of ether oxygens (including phenoxy) is 3. The molecule has 0 radical (unpaired) electrons. The monoisotopic (exact) mass is 383 g/mol. The van der Waals surface area contributed by atoms with E-state index in [-0.39, 0.29) is 0 Å². The van der Waals surface area contributed by atoms with Gasteiger partial charge in [-0.25, -0.2) is 4.79 Å². The van der Waals surface area contributed by atoms with E-state index < -0.39 is 18.0 Å². The Hall–Kier alpha value is -3.28. The molecular weight excluding hydrogens is 358 g/mol. The Bertz CT molecular complexity index is 817. The predicted octanol–water partition coefficient (Wildman–Crippen LogP) is 4.07. The maximum atomic E-state index is 12.1. The van der Waals surface area contributed by atoms with E-state index in [1.165, 1.54) is 13.0 Å². The van der Waals surface area contributed by atoms with Crippen LogP contribution in [-0.4, -0.2) is 31.7 Å². The van der Waals surface area contributed by atoms with Crippen molar-refractivity contribution in [3.8, 4) is 11.5 Å². The molecule has 2 rings (SSSR count). The molecule has 0 spiro atoms. The second-order valence-corrected chi connectivity index (χ2v) is 6.03. The summed E-state index contributed by atoms with van der Waals surface area (Å²) >= 11 is 0. The van der Waals surface area contributed by atoms with Crippen molar-refractivity contribution >= 4 is 23.6 Å². The van der Waals surface area contributed by atoms with E-state index in [0.29, 0.717) is 23.8 Å². The number of nitrogens with one attached hydrogen (secondary N) is 1. The molecular formula is C22H25NO5. The van der Waals surface area contributed by atoms with Crippen molar-refractivity contribution in [2.75, 3.05) is 19.0 Å². The molecule has 0 aromatic heterocycles. The van der Waals surface area contributed by atoms with Crippen LogP contribution in [-0.2, 0) is 14.3 Å². The Kier molecular flexibility index (Phi) is 8.09. The van der Waals surface area contributed by atoms with Crippen molar-refractivity contribution in [1.29, 1.82) is 0 Å². The average Bonchev–Trinajstić information content (AvgIpc) is 2.71. The molecule has 0 aliphatic heterocycles.